The highest BCUT2D eigenvalue weighted by atomic mass is 32.1. The van der Waals surface area contributed by atoms with Crippen LogP contribution in [0.15, 0.2) is 47.4 Å². The Morgan fingerprint density at radius 3 is 2.30 bits per heavy atom. The SMILES string of the molecule is O=C1C(=Cc2cc3sc4ccsc4c3s2)C(=O)c2ccccc21. The minimum absolute atomic E-state index is 0.163. The third kappa shape index (κ3) is 1.84. The molecule has 0 unspecified atom stereocenters. The van der Waals surface area contributed by atoms with Crippen molar-refractivity contribution in [2.24, 2.45) is 0 Å². The third-order valence-corrected chi connectivity index (χ3v) is 7.49. The van der Waals surface area contributed by atoms with Crippen LogP contribution in [0.1, 0.15) is 25.6 Å². The number of ketones is 2. The molecule has 4 aromatic rings. The molecular weight excluding hydrogens is 344 g/mol. The molecule has 0 spiro atoms. The maximum absolute atomic E-state index is 12.5. The zero-order valence-electron chi connectivity index (χ0n) is 11.7. The molecule has 0 bridgehead atoms. The van der Waals surface area contributed by atoms with Gasteiger partial charge in [-0.25, -0.2) is 0 Å². The summed E-state index contributed by atoms with van der Waals surface area (Å²) in [7, 11) is 0. The maximum atomic E-state index is 12.5. The highest BCUT2D eigenvalue weighted by Gasteiger charge is 2.32. The standard InChI is InChI=1S/C18H8O2S3/c19-15-10-3-1-2-4-11(10)16(20)12(15)7-9-8-14-18(22-9)17-13(23-14)5-6-21-17/h1-8H. The van der Waals surface area contributed by atoms with Crippen LogP contribution < -0.4 is 0 Å². The summed E-state index contributed by atoms with van der Waals surface area (Å²) in [6.45, 7) is 0. The lowest BCUT2D eigenvalue weighted by atomic mass is 10.1. The molecule has 0 saturated heterocycles. The highest BCUT2D eigenvalue weighted by Crippen LogP contribution is 2.43. The maximum Gasteiger partial charge on any atom is 0.197 e. The number of benzene rings is 1. The number of thiophene rings is 3. The number of Topliss-reactive ketones (excluding diaryl/α,β-unsaturated/α-hetero) is 2. The molecule has 0 saturated carbocycles. The van der Waals surface area contributed by atoms with Crippen molar-refractivity contribution in [2.45, 2.75) is 0 Å². The zero-order chi connectivity index (χ0) is 15.6. The van der Waals surface area contributed by atoms with Crippen LogP contribution in [0.4, 0.5) is 0 Å². The van der Waals surface area contributed by atoms with Gasteiger partial charge in [0.15, 0.2) is 11.6 Å². The molecule has 0 N–H and O–H groups in total. The molecule has 110 valence electrons. The van der Waals surface area contributed by atoms with E-state index in [-0.39, 0.29) is 17.1 Å². The van der Waals surface area contributed by atoms with Crippen molar-refractivity contribution >= 4 is 70.5 Å². The number of rotatable bonds is 1. The average molecular weight is 352 g/mol. The smallest absolute Gasteiger partial charge is 0.197 e. The Kier molecular flexibility index (Phi) is 2.74. The van der Waals surface area contributed by atoms with Gasteiger partial charge in [-0.15, -0.1) is 34.0 Å². The van der Waals surface area contributed by atoms with E-state index in [0.29, 0.717) is 11.1 Å². The summed E-state index contributed by atoms with van der Waals surface area (Å²) in [5, 5.41) is 2.10. The van der Waals surface area contributed by atoms with Crippen molar-refractivity contribution in [1.29, 1.82) is 0 Å². The predicted molar refractivity (Wildman–Crippen MR) is 98.2 cm³/mol. The molecule has 1 aromatic carbocycles. The number of allylic oxidation sites excluding steroid dienone is 1. The molecule has 3 heterocycles. The minimum Gasteiger partial charge on any atom is -0.288 e. The Balaban J connectivity index is 1.65. The first-order chi connectivity index (χ1) is 11.2. The second kappa shape index (κ2) is 4.71. The second-order valence-corrected chi connectivity index (χ2v) is 8.40. The molecule has 5 heteroatoms. The number of fused-ring (bicyclic) bond motifs is 4. The fraction of sp³-hybridized carbons (Fsp3) is 0. The Hall–Kier alpha value is -2.08. The predicted octanol–water partition coefficient (Wildman–Crippen LogP) is 5.64. The lowest BCUT2D eigenvalue weighted by Crippen LogP contribution is -1.99. The summed E-state index contributed by atoms with van der Waals surface area (Å²) < 4.78 is 5.07. The molecule has 3 aromatic heterocycles. The van der Waals surface area contributed by atoms with Crippen LogP contribution in [0.3, 0.4) is 0 Å². The number of hydrogen-bond donors (Lipinski definition) is 0. The Morgan fingerprint density at radius 2 is 1.57 bits per heavy atom. The van der Waals surface area contributed by atoms with Gasteiger partial charge in [-0.1, -0.05) is 24.3 Å². The molecular formula is C18H8O2S3. The van der Waals surface area contributed by atoms with E-state index >= 15 is 0 Å². The van der Waals surface area contributed by atoms with E-state index in [2.05, 4.69) is 17.5 Å². The Bertz CT molecular complexity index is 1120. The summed E-state index contributed by atoms with van der Waals surface area (Å²) in [6.07, 6.45) is 1.75. The molecule has 23 heavy (non-hydrogen) atoms. The second-order valence-electron chi connectivity index (χ2n) is 5.32. The van der Waals surface area contributed by atoms with Crippen LogP contribution in [0.5, 0.6) is 0 Å². The zero-order valence-corrected chi connectivity index (χ0v) is 14.1. The van der Waals surface area contributed by atoms with Crippen molar-refractivity contribution in [2.75, 3.05) is 0 Å². The number of hydrogen-bond acceptors (Lipinski definition) is 5. The van der Waals surface area contributed by atoms with Gasteiger partial charge in [-0.05, 0) is 23.6 Å². The Morgan fingerprint density at radius 1 is 0.826 bits per heavy atom. The quantitative estimate of drug-likeness (QED) is 0.328. The first-order valence-corrected chi connectivity index (χ1v) is 9.53. The summed E-state index contributed by atoms with van der Waals surface area (Å²) in [4.78, 5) is 25.9. The van der Waals surface area contributed by atoms with Crippen LogP contribution in [-0.2, 0) is 0 Å². The summed E-state index contributed by atoms with van der Waals surface area (Å²) >= 11 is 5.14. The van der Waals surface area contributed by atoms with E-state index in [1.165, 1.54) is 18.8 Å². The van der Waals surface area contributed by atoms with Gasteiger partial charge in [0.25, 0.3) is 0 Å². The van der Waals surface area contributed by atoms with Gasteiger partial charge in [0, 0.05) is 25.4 Å². The van der Waals surface area contributed by atoms with Crippen molar-refractivity contribution in [3.8, 4) is 0 Å². The molecule has 2 nitrogen and oxygen atoms in total. The van der Waals surface area contributed by atoms with Gasteiger partial charge in [0.2, 0.25) is 0 Å². The topological polar surface area (TPSA) is 34.1 Å². The average Bonchev–Trinajstić information content (AvgIpc) is 3.26. The first kappa shape index (κ1) is 13.4. The number of carbonyl (C=O) groups is 2. The lowest BCUT2D eigenvalue weighted by Gasteiger charge is -1.91. The van der Waals surface area contributed by atoms with E-state index < -0.39 is 0 Å². The molecule has 0 aliphatic heterocycles. The first-order valence-electron chi connectivity index (χ1n) is 7.02. The van der Waals surface area contributed by atoms with Gasteiger partial charge >= 0.3 is 0 Å². The van der Waals surface area contributed by atoms with Gasteiger partial charge in [-0.2, -0.15) is 0 Å². The third-order valence-electron chi connectivity index (χ3n) is 3.96. The van der Waals surface area contributed by atoms with Crippen molar-refractivity contribution in [1.82, 2.24) is 0 Å². The normalized spacial score (nSPS) is 14.2. The van der Waals surface area contributed by atoms with Crippen LogP contribution in [0.2, 0.25) is 0 Å². The molecule has 1 aliphatic carbocycles. The molecule has 0 fully saturated rings. The fourth-order valence-corrected chi connectivity index (χ4v) is 6.63. The summed E-state index contributed by atoms with van der Waals surface area (Å²) in [6, 6.07) is 11.2. The number of carbonyl (C=O) groups excluding carboxylic acids is 2. The van der Waals surface area contributed by atoms with Gasteiger partial charge in [0.05, 0.1) is 15.0 Å². The lowest BCUT2D eigenvalue weighted by molar-refractivity contribution is 0.0990. The molecule has 0 amide bonds. The van der Waals surface area contributed by atoms with Gasteiger partial charge in [0.1, 0.15) is 0 Å². The minimum atomic E-state index is -0.163. The van der Waals surface area contributed by atoms with Crippen LogP contribution in [-0.4, -0.2) is 11.6 Å². The molecule has 0 atom stereocenters. The van der Waals surface area contributed by atoms with Crippen molar-refractivity contribution in [3.63, 3.8) is 0 Å². The van der Waals surface area contributed by atoms with Gasteiger partial charge < -0.3 is 0 Å². The van der Waals surface area contributed by atoms with E-state index in [0.717, 1.165) is 4.88 Å². The monoisotopic (exact) mass is 352 g/mol. The summed E-state index contributed by atoms with van der Waals surface area (Å²) in [5.74, 6) is -0.327. The van der Waals surface area contributed by atoms with E-state index in [4.69, 9.17) is 0 Å². The molecule has 0 radical (unpaired) electrons. The van der Waals surface area contributed by atoms with Crippen LogP contribution >= 0.6 is 34.0 Å². The fourth-order valence-electron chi connectivity index (χ4n) is 2.91. The van der Waals surface area contributed by atoms with E-state index in [1.807, 2.05) is 0 Å². The highest BCUT2D eigenvalue weighted by molar-refractivity contribution is 7.38. The largest absolute Gasteiger partial charge is 0.288 e. The van der Waals surface area contributed by atoms with E-state index in [9.17, 15) is 9.59 Å². The van der Waals surface area contributed by atoms with Crippen LogP contribution in [0, 0.1) is 0 Å². The molecule has 1 aliphatic rings. The van der Waals surface area contributed by atoms with E-state index in [1.54, 1.807) is 64.4 Å². The summed E-state index contributed by atoms with van der Waals surface area (Å²) in [5.41, 5.74) is 1.31. The van der Waals surface area contributed by atoms with Crippen LogP contribution in [0.25, 0.3) is 24.9 Å². The Labute approximate surface area is 143 Å². The van der Waals surface area contributed by atoms with Gasteiger partial charge in [-0.3, -0.25) is 9.59 Å². The molecule has 5 rings (SSSR count). The van der Waals surface area contributed by atoms with Crippen molar-refractivity contribution in [3.05, 3.63) is 63.4 Å². The van der Waals surface area contributed by atoms with Crippen molar-refractivity contribution < 1.29 is 9.59 Å².